The topological polar surface area (TPSA) is 83.6 Å². The van der Waals surface area contributed by atoms with Crippen molar-refractivity contribution in [2.45, 2.75) is 25.7 Å². The second-order valence-electron chi connectivity index (χ2n) is 5.15. The van der Waals surface area contributed by atoms with Crippen LogP contribution in [0.2, 0.25) is 0 Å². The van der Waals surface area contributed by atoms with Gasteiger partial charge < -0.3 is 5.32 Å². The second kappa shape index (κ2) is 6.80. The average molecular weight is 295 g/mol. The van der Waals surface area contributed by atoms with Crippen LogP contribution < -0.4 is 5.32 Å². The summed E-state index contributed by atoms with van der Waals surface area (Å²) in [6.07, 6.45) is 10.2. The SMILES string of the molecule is O=C(CCCCc1cccnc1)Nc1cnc2[nH]ncc2c1. The summed E-state index contributed by atoms with van der Waals surface area (Å²) in [6, 6.07) is 5.85. The minimum Gasteiger partial charge on any atom is -0.325 e. The lowest BCUT2D eigenvalue weighted by Crippen LogP contribution is -2.11. The molecule has 0 spiro atoms. The van der Waals surface area contributed by atoms with Gasteiger partial charge in [0.2, 0.25) is 5.91 Å². The van der Waals surface area contributed by atoms with Crippen molar-refractivity contribution in [3.8, 4) is 0 Å². The second-order valence-corrected chi connectivity index (χ2v) is 5.15. The zero-order chi connectivity index (χ0) is 15.2. The molecule has 0 fully saturated rings. The molecule has 3 aromatic heterocycles. The molecule has 0 atom stereocenters. The van der Waals surface area contributed by atoms with Gasteiger partial charge in [-0.3, -0.25) is 14.9 Å². The number of nitrogens with zero attached hydrogens (tertiary/aromatic N) is 3. The Morgan fingerprint density at radius 2 is 2.18 bits per heavy atom. The number of aromatic amines is 1. The van der Waals surface area contributed by atoms with Crippen LogP contribution in [0.25, 0.3) is 11.0 Å². The van der Waals surface area contributed by atoms with Gasteiger partial charge in [0.25, 0.3) is 0 Å². The van der Waals surface area contributed by atoms with Gasteiger partial charge in [-0.2, -0.15) is 5.10 Å². The molecule has 6 heteroatoms. The third-order valence-corrected chi connectivity index (χ3v) is 3.42. The molecule has 3 aromatic rings. The molecule has 0 aliphatic heterocycles. The lowest BCUT2D eigenvalue weighted by molar-refractivity contribution is -0.116. The zero-order valence-corrected chi connectivity index (χ0v) is 12.1. The van der Waals surface area contributed by atoms with E-state index < -0.39 is 0 Å². The first kappa shape index (κ1) is 14.2. The van der Waals surface area contributed by atoms with Gasteiger partial charge >= 0.3 is 0 Å². The molecule has 0 saturated heterocycles. The fourth-order valence-electron chi connectivity index (χ4n) is 2.29. The number of carbonyl (C=O) groups is 1. The highest BCUT2D eigenvalue weighted by molar-refractivity contribution is 5.92. The Morgan fingerprint density at radius 3 is 3.05 bits per heavy atom. The molecule has 3 rings (SSSR count). The van der Waals surface area contributed by atoms with Crippen LogP contribution in [0.3, 0.4) is 0 Å². The maximum atomic E-state index is 11.9. The van der Waals surface area contributed by atoms with Crippen LogP contribution in [0.4, 0.5) is 5.69 Å². The summed E-state index contributed by atoms with van der Waals surface area (Å²) in [5.74, 6) is 0.0100. The number of unbranched alkanes of at least 4 members (excludes halogenated alkanes) is 1. The third-order valence-electron chi connectivity index (χ3n) is 3.42. The van der Waals surface area contributed by atoms with Gasteiger partial charge in [0.15, 0.2) is 5.65 Å². The quantitative estimate of drug-likeness (QED) is 0.685. The molecule has 0 unspecified atom stereocenters. The number of amides is 1. The van der Waals surface area contributed by atoms with Gasteiger partial charge in [-0.1, -0.05) is 6.07 Å². The van der Waals surface area contributed by atoms with Crippen molar-refractivity contribution in [3.63, 3.8) is 0 Å². The summed E-state index contributed by atoms with van der Waals surface area (Å²) in [4.78, 5) is 20.2. The smallest absolute Gasteiger partial charge is 0.224 e. The maximum absolute atomic E-state index is 11.9. The molecule has 0 aromatic carbocycles. The average Bonchev–Trinajstić information content (AvgIpc) is 3.00. The first-order valence-electron chi connectivity index (χ1n) is 7.29. The van der Waals surface area contributed by atoms with Crippen LogP contribution >= 0.6 is 0 Å². The van der Waals surface area contributed by atoms with Crippen molar-refractivity contribution >= 4 is 22.6 Å². The summed E-state index contributed by atoms with van der Waals surface area (Å²) in [5.41, 5.74) is 2.62. The van der Waals surface area contributed by atoms with Crippen LogP contribution in [-0.4, -0.2) is 26.1 Å². The fourth-order valence-corrected chi connectivity index (χ4v) is 2.29. The van der Waals surface area contributed by atoms with Gasteiger partial charge in [0.05, 0.1) is 18.1 Å². The van der Waals surface area contributed by atoms with E-state index in [1.165, 1.54) is 5.56 Å². The number of fused-ring (bicyclic) bond motifs is 1. The van der Waals surface area contributed by atoms with E-state index in [1.54, 1.807) is 18.6 Å². The van der Waals surface area contributed by atoms with Crippen molar-refractivity contribution in [1.82, 2.24) is 20.2 Å². The highest BCUT2D eigenvalue weighted by Gasteiger charge is 2.05. The third kappa shape index (κ3) is 3.66. The van der Waals surface area contributed by atoms with Crippen LogP contribution in [0.1, 0.15) is 24.8 Å². The van der Waals surface area contributed by atoms with E-state index in [-0.39, 0.29) is 5.91 Å². The number of rotatable bonds is 6. The van der Waals surface area contributed by atoms with Crippen molar-refractivity contribution in [1.29, 1.82) is 0 Å². The molecule has 0 aliphatic carbocycles. The summed E-state index contributed by atoms with van der Waals surface area (Å²) in [7, 11) is 0. The van der Waals surface area contributed by atoms with Crippen molar-refractivity contribution in [2.75, 3.05) is 5.32 Å². The standard InChI is InChI=1S/C16H17N5O/c22-15(6-2-1-4-12-5-3-7-17-9-12)20-14-8-13-10-19-21-16(13)18-11-14/h3,5,7-11H,1-2,4,6H2,(H,20,22)(H,18,19,21). The largest absolute Gasteiger partial charge is 0.325 e. The van der Waals surface area contributed by atoms with E-state index >= 15 is 0 Å². The molecule has 0 radical (unpaired) electrons. The van der Waals surface area contributed by atoms with Crippen LogP contribution in [-0.2, 0) is 11.2 Å². The Bertz CT molecular complexity index is 753. The van der Waals surface area contributed by atoms with E-state index in [1.807, 2.05) is 18.3 Å². The minimum absolute atomic E-state index is 0.0100. The van der Waals surface area contributed by atoms with E-state index in [4.69, 9.17) is 0 Å². The van der Waals surface area contributed by atoms with Crippen LogP contribution in [0, 0.1) is 0 Å². The molecule has 2 N–H and O–H groups in total. The highest BCUT2D eigenvalue weighted by Crippen LogP contribution is 2.14. The Hall–Kier alpha value is -2.76. The van der Waals surface area contributed by atoms with Gasteiger partial charge in [0, 0.05) is 24.2 Å². The number of hydrogen-bond donors (Lipinski definition) is 2. The fraction of sp³-hybridized carbons (Fsp3) is 0.250. The molecular formula is C16H17N5O. The van der Waals surface area contributed by atoms with Gasteiger partial charge in [-0.15, -0.1) is 0 Å². The normalized spacial score (nSPS) is 10.7. The van der Waals surface area contributed by atoms with Gasteiger partial charge in [-0.25, -0.2) is 4.98 Å². The predicted octanol–water partition coefficient (Wildman–Crippen LogP) is 2.70. The Labute approximate surface area is 128 Å². The molecule has 0 aliphatic rings. The van der Waals surface area contributed by atoms with E-state index in [0.717, 1.165) is 30.3 Å². The molecule has 6 nitrogen and oxygen atoms in total. The number of aromatic nitrogens is 4. The molecule has 0 saturated carbocycles. The number of nitrogens with one attached hydrogen (secondary N) is 2. The molecule has 0 bridgehead atoms. The summed E-state index contributed by atoms with van der Waals surface area (Å²) in [5, 5.41) is 10.4. The number of hydrogen-bond acceptors (Lipinski definition) is 4. The predicted molar refractivity (Wildman–Crippen MR) is 84.3 cm³/mol. The molecule has 3 heterocycles. The monoisotopic (exact) mass is 295 g/mol. The van der Waals surface area contributed by atoms with Crippen LogP contribution in [0.5, 0.6) is 0 Å². The van der Waals surface area contributed by atoms with Crippen molar-refractivity contribution in [2.24, 2.45) is 0 Å². The summed E-state index contributed by atoms with van der Waals surface area (Å²) in [6.45, 7) is 0. The first-order valence-corrected chi connectivity index (χ1v) is 7.29. The van der Waals surface area contributed by atoms with Crippen molar-refractivity contribution in [3.05, 3.63) is 48.5 Å². The van der Waals surface area contributed by atoms with Crippen molar-refractivity contribution < 1.29 is 4.79 Å². The lowest BCUT2D eigenvalue weighted by atomic mass is 10.1. The zero-order valence-electron chi connectivity index (χ0n) is 12.1. The van der Waals surface area contributed by atoms with Crippen LogP contribution in [0.15, 0.2) is 43.0 Å². The van der Waals surface area contributed by atoms with Gasteiger partial charge in [-0.05, 0) is 37.0 Å². The lowest BCUT2D eigenvalue weighted by Gasteiger charge is -2.05. The van der Waals surface area contributed by atoms with E-state index in [9.17, 15) is 4.79 Å². The maximum Gasteiger partial charge on any atom is 0.224 e. The Morgan fingerprint density at radius 1 is 1.23 bits per heavy atom. The summed E-state index contributed by atoms with van der Waals surface area (Å²) < 4.78 is 0. The number of pyridine rings is 2. The van der Waals surface area contributed by atoms with E-state index in [0.29, 0.717) is 12.1 Å². The van der Waals surface area contributed by atoms with Gasteiger partial charge in [0.1, 0.15) is 0 Å². The Balaban J connectivity index is 1.44. The molecule has 112 valence electrons. The number of anilines is 1. The van der Waals surface area contributed by atoms with E-state index in [2.05, 4.69) is 31.5 Å². The number of aryl methyl sites for hydroxylation is 1. The molecular weight excluding hydrogens is 278 g/mol. The first-order chi connectivity index (χ1) is 10.8. The molecule has 1 amide bonds. The number of carbonyl (C=O) groups excluding carboxylic acids is 1. The minimum atomic E-state index is 0.0100. The summed E-state index contributed by atoms with van der Waals surface area (Å²) >= 11 is 0. The molecule has 22 heavy (non-hydrogen) atoms. The highest BCUT2D eigenvalue weighted by atomic mass is 16.1. The number of H-pyrrole nitrogens is 1. The Kier molecular flexibility index (Phi) is 4.38.